The van der Waals surface area contributed by atoms with Crippen molar-refractivity contribution >= 4 is 17.7 Å². The van der Waals surface area contributed by atoms with Gasteiger partial charge in [-0.3, -0.25) is 4.79 Å². The van der Waals surface area contributed by atoms with E-state index in [0.29, 0.717) is 19.0 Å². The van der Waals surface area contributed by atoms with Gasteiger partial charge in [-0.1, -0.05) is 0 Å². The third kappa shape index (κ3) is 5.19. The highest BCUT2D eigenvalue weighted by atomic mass is 16.5. The largest absolute Gasteiger partial charge is 0.475 e. The molecule has 1 amide bonds. The third-order valence-electron chi connectivity index (χ3n) is 2.05. The van der Waals surface area contributed by atoms with Gasteiger partial charge >= 0.3 is 11.9 Å². The predicted molar refractivity (Wildman–Crippen MR) is 69.4 cm³/mol. The number of esters is 1. The Balaban J connectivity index is 2.70. The Morgan fingerprint density at radius 2 is 2.05 bits per heavy atom. The summed E-state index contributed by atoms with van der Waals surface area (Å²) >= 11 is 0. The number of aryl methyl sites for hydroxylation is 1. The number of anilines is 1. The van der Waals surface area contributed by atoms with E-state index < -0.39 is 11.9 Å². The van der Waals surface area contributed by atoms with E-state index in [-0.39, 0.29) is 18.3 Å². The average Bonchev–Trinajstić information content (AvgIpc) is 2.38. The van der Waals surface area contributed by atoms with Gasteiger partial charge in [0.2, 0.25) is 5.88 Å². The molecule has 0 saturated heterocycles. The second-order valence-electron chi connectivity index (χ2n) is 3.65. The van der Waals surface area contributed by atoms with Crippen LogP contribution in [-0.4, -0.2) is 48.8 Å². The van der Waals surface area contributed by atoms with Crippen LogP contribution in [-0.2, 0) is 19.1 Å². The van der Waals surface area contributed by atoms with Crippen molar-refractivity contribution in [2.24, 2.45) is 0 Å². The first kappa shape index (κ1) is 15.8. The minimum Gasteiger partial charge on any atom is -0.475 e. The van der Waals surface area contributed by atoms with Crippen LogP contribution in [0.25, 0.3) is 0 Å². The summed E-state index contributed by atoms with van der Waals surface area (Å²) < 4.78 is 14.7. The molecule has 20 heavy (non-hydrogen) atoms. The van der Waals surface area contributed by atoms with E-state index in [1.54, 1.807) is 21.0 Å². The van der Waals surface area contributed by atoms with Gasteiger partial charge in [0.1, 0.15) is 18.2 Å². The topological polar surface area (TPSA) is 99.6 Å². The molecule has 0 spiro atoms. The summed E-state index contributed by atoms with van der Waals surface area (Å²) in [6.45, 7) is 4.11. The summed E-state index contributed by atoms with van der Waals surface area (Å²) in [5.41, 5.74) is 0. The minimum atomic E-state index is -0.967. The predicted octanol–water partition coefficient (Wildman–Crippen LogP) is 0.312. The van der Waals surface area contributed by atoms with Gasteiger partial charge in [-0.05, 0) is 13.8 Å². The zero-order chi connectivity index (χ0) is 15.0. The standard InChI is InChI=1S/C12H17N3O5/c1-4-19-12(17)11(16)15-9-7-10(14-8(2)13-9)20-6-5-18-3/h7H,4-6H2,1-3H3,(H,13,14,15,16). The normalized spacial score (nSPS) is 9.95. The molecule has 0 bridgehead atoms. The summed E-state index contributed by atoms with van der Waals surface area (Å²) in [5.74, 6) is -1.01. The molecule has 0 radical (unpaired) electrons. The van der Waals surface area contributed by atoms with Crippen LogP contribution in [0.5, 0.6) is 5.88 Å². The summed E-state index contributed by atoms with van der Waals surface area (Å²) in [6, 6.07) is 1.42. The molecular formula is C12H17N3O5. The lowest BCUT2D eigenvalue weighted by Gasteiger charge is -2.08. The lowest BCUT2D eigenvalue weighted by Crippen LogP contribution is -2.25. The van der Waals surface area contributed by atoms with Crippen molar-refractivity contribution in [1.82, 2.24) is 9.97 Å². The summed E-state index contributed by atoms with van der Waals surface area (Å²) in [7, 11) is 1.56. The first-order valence-corrected chi connectivity index (χ1v) is 6.02. The fraction of sp³-hybridized carbons (Fsp3) is 0.500. The van der Waals surface area contributed by atoms with Crippen LogP contribution in [0.4, 0.5) is 5.82 Å². The first-order valence-electron chi connectivity index (χ1n) is 6.02. The number of carbonyl (C=O) groups excluding carboxylic acids is 2. The fourth-order valence-corrected chi connectivity index (χ4v) is 1.27. The Labute approximate surface area is 116 Å². The smallest absolute Gasteiger partial charge is 0.397 e. The Kier molecular flexibility index (Phi) is 6.38. The fourth-order valence-electron chi connectivity index (χ4n) is 1.27. The van der Waals surface area contributed by atoms with E-state index in [1.165, 1.54) is 6.07 Å². The number of rotatable bonds is 6. The number of aromatic nitrogens is 2. The Morgan fingerprint density at radius 3 is 2.70 bits per heavy atom. The third-order valence-corrected chi connectivity index (χ3v) is 2.05. The molecule has 8 nitrogen and oxygen atoms in total. The molecule has 0 fully saturated rings. The van der Waals surface area contributed by atoms with Gasteiger partial charge in [0, 0.05) is 13.2 Å². The van der Waals surface area contributed by atoms with Crippen molar-refractivity contribution in [3.8, 4) is 5.88 Å². The van der Waals surface area contributed by atoms with Crippen molar-refractivity contribution in [1.29, 1.82) is 0 Å². The Bertz CT molecular complexity index is 478. The van der Waals surface area contributed by atoms with Crippen molar-refractivity contribution in [2.75, 3.05) is 32.2 Å². The van der Waals surface area contributed by atoms with E-state index in [4.69, 9.17) is 9.47 Å². The second-order valence-corrected chi connectivity index (χ2v) is 3.65. The molecule has 1 aromatic rings. The zero-order valence-electron chi connectivity index (χ0n) is 11.6. The average molecular weight is 283 g/mol. The summed E-state index contributed by atoms with van der Waals surface area (Å²) in [4.78, 5) is 30.7. The summed E-state index contributed by atoms with van der Waals surface area (Å²) in [6.07, 6.45) is 0. The van der Waals surface area contributed by atoms with Gasteiger partial charge in [0.15, 0.2) is 0 Å². The number of nitrogens with one attached hydrogen (secondary N) is 1. The van der Waals surface area contributed by atoms with Crippen molar-refractivity contribution in [2.45, 2.75) is 13.8 Å². The van der Waals surface area contributed by atoms with Crippen LogP contribution in [0, 0.1) is 6.92 Å². The van der Waals surface area contributed by atoms with E-state index in [1.807, 2.05) is 0 Å². The molecule has 0 unspecified atom stereocenters. The number of carbonyl (C=O) groups is 2. The van der Waals surface area contributed by atoms with Crippen LogP contribution < -0.4 is 10.1 Å². The van der Waals surface area contributed by atoms with Crippen molar-refractivity contribution in [3.05, 3.63) is 11.9 Å². The van der Waals surface area contributed by atoms with Crippen molar-refractivity contribution < 1.29 is 23.8 Å². The van der Waals surface area contributed by atoms with Gasteiger partial charge in [-0.2, -0.15) is 4.98 Å². The molecular weight excluding hydrogens is 266 g/mol. The molecule has 110 valence electrons. The molecule has 0 atom stereocenters. The van der Waals surface area contributed by atoms with Gasteiger partial charge < -0.3 is 19.5 Å². The second kappa shape index (κ2) is 8.05. The molecule has 0 aliphatic carbocycles. The quantitative estimate of drug-likeness (QED) is 0.455. The molecule has 1 N–H and O–H groups in total. The molecule has 1 aromatic heterocycles. The van der Waals surface area contributed by atoms with Gasteiger partial charge in [0.05, 0.1) is 13.2 Å². The van der Waals surface area contributed by atoms with Crippen LogP contribution >= 0.6 is 0 Å². The number of amides is 1. The number of methoxy groups -OCH3 is 1. The maximum atomic E-state index is 11.5. The Morgan fingerprint density at radius 1 is 1.30 bits per heavy atom. The van der Waals surface area contributed by atoms with Gasteiger partial charge in [0.25, 0.3) is 0 Å². The molecule has 8 heteroatoms. The molecule has 1 heterocycles. The highest BCUT2D eigenvalue weighted by Gasteiger charge is 2.16. The lowest BCUT2D eigenvalue weighted by molar-refractivity contribution is -0.152. The van der Waals surface area contributed by atoms with E-state index in [0.717, 1.165) is 0 Å². The highest BCUT2D eigenvalue weighted by molar-refractivity contribution is 6.37. The summed E-state index contributed by atoms with van der Waals surface area (Å²) in [5, 5.41) is 2.32. The van der Waals surface area contributed by atoms with Crippen molar-refractivity contribution in [3.63, 3.8) is 0 Å². The molecule has 0 aliphatic heterocycles. The number of hydrogen-bond donors (Lipinski definition) is 1. The van der Waals surface area contributed by atoms with Crippen LogP contribution in [0.3, 0.4) is 0 Å². The van der Waals surface area contributed by atoms with E-state index >= 15 is 0 Å². The van der Waals surface area contributed by atoms with E-state index in [9.17, 15) is 9.59 Å². The SMILES string of the molecule is CCOC(=O)C(=O)Nc1cc(OCCOC)nc(C)n1. The van der Waals surface area contributed by atoms with Crippen LogP contribution in [0.2, 0.25) is 0 Å². The molecule has 0 saturated carbocycles. The van der Waals surface area contributed by atoms with E-state index in [2.05, 4.69) is 20.0 Å². The van der Waals surface area contributed by atoms with Crippen LogP contribution in [0.15, 0.2) is 6.07 Å². The maximum Gasteiger partial charge on any atom is 0.397 e. The number of nitrogens with zero attached hydrogens (tertiary/aromatic N) is 2. The number of ether oxygens (including phenoxy) is 3. The zero-order valence-corrected chi connectivity index (χ0v) is 11.6. The highest BCUT2D eigenvalue weighted by Crippen LogP contribution is 2.13. The monoisotopic (exact) mass is 283 g/mol. The number of hydrogen-bond acceptors (Lipinski definition) is 7. The van der Waals surface area contributed by atoms with Gasteiger partial charge in [-0.25, -0.2) is 9.78 Å². The molecule has 0 aliphatic rings. The van der Waals surface area contributed by atoms with Gasteiger partial charge in [-0.15, -0.1) is 0 Å². The maximum absolute atomic E-state index is 11.5. The van der Waals surface area contributed by atoms with Crippen LogP contribution in [0.1, 0.15) is 12.7 Å². The lowest BCUT2D eigenvalue weighted by atomic mass is 10.5. The first-order chi connectivity index (χ1) is 9.56. The molecule has 1 rings (SSSR count). The molecule has 0 aromatic carbocycles. The minimum absolute atomic E-state index is 0.125. The Hall–Kier alpha value is -2.22.